The summed E-state index contributed by atoms with van der Waals surface area (Å²) in [4.78, 5) is 17.9. The Hall–Kier alpha value is -3.14. The molecule has 0 spiro atoms. The Morgan fingerprint density at radius 1 is 1.28 bits per heavy atom. The number of carbonyl (C=O) groups is 1. The van der Waals surface area contributed by atoms with Crippen molar-refractivity contribution in [3.8, 4) is 11.8 Å². The maximum atomic E-state index is 13.8. The minimum atomic E-state index is -1.50. The van der Waals surface area contributed by atoms with E-state index in [9.17, 15) is 19.6 Å². The number of aromatic nitrogens is 1. The third kappa shape index (κ3) is 3.24. The molecule has 25 heavy (non-hydrogen) atoms. The standard InChI is InChI=1S/C18H16FN3O3/c19-14-5-1-2-6-15(14)25-18(17(23)24)7-10-22(11-8-18)16-13(12-20)4-3-9-21-16/h1-6,9H,7-8,10-11H2,(H,23,24). The topological polar surface area (TPSA) is 86.5 Å². The average Bonchev–Trinajstić information content (AvgIpc) is 2.64. The molecule has 1 aliphatic heterocycles. The van der Waals surface area contributed by atoms with Gasteiger partial charge in [0.05, 0.1) is 5.56 Å². The van der Waals surface area contributed by atoms with Gasteiger partial charge in [-0.2, -0.15) is 5.26 Å². The number of nitriles is 1. The van der Waals surface area contributed by atoms with E-state index >= 15 is 0 Å². The largest absolute Gasteiger partial charge is 0.478 e. The molecule has 1 aromatic carbocycles. The third-order valence-corrected chi connectivity index (χ3v) is 4.31. The summed E-state index contributed by atoms with van der Waals surface area (Å²) in [6.07, 6.45) is 1.89. The molecule has 128 valence electrons. The van der Waals surface area contributed by atoms with Crippen LogP contribution in [0, 0.1) is 17.1 Å². The highest BCUT2D eigenvalue weighted by molar-refractivity contribution is 5.78. The first-order valence-corrected chi connectivity index (χ1v) is 7.83. The SMILES string of the molecule is N#Cc1cccnc1N1CCC(Oc2ccccc2F)(C(=O)O)CC1. The van der Waals surface area contributed by atoms with E-state index in [1.165, 1.54) is 18.2 Å². The van der Waals surface area contributed by atoms with Crippen molar-refractivity contribution in [2.24, 2.45) is 0 Å². The summed E-state index contributed by atoms with van der Waals surface area (Å²) in [6.45, 7) is 0.679. The summed E-state index contributed by atoms with van der Waals surface area (Å²) >= 11 is 0. The molecule has 0 saturated carbocycles. The number of carboxylic acids is 1. The molecule has 0 aliphatic carbocycles. The molecule has 0 amide bonds. The molecular formula is C18H16FN3O3. The number of ether oxygens (including phenoxy) is 1. The zero-order valence-electron chi connectivity index (χ0n) is 13.4. The predicted molar refractivity (Wildman–Crippen MR) is 87.8 cm³/mol. The van der Waals surface area contributed by atoms with Crippen molar-refractivity contribution in [1.82, 2.24) is 4.98 Å². The summed E-state index contributed by atoms with van der Waals surface area (Å²) < 4.78 is 19.4. The van der Waals surface area contributed by atoms with Gasteiger partial charge in [0.1, 0.15) is 11.9 Å². The van der Waals surface area contributed by atoms with Gasteiger partial charge >= 0.3 is 5.97 Å². The van der Waals surface area contributed by atoms with Gasteiger partial charge in [-0.25, -0.2) is 14.2 Å². The molecule has 0 atom stereocenters. The third-order valence-electron chi connectivity index (χ3n) is 4.31. The van der Waals surface area contributed by atoms with Crippen LogP contribution in [-0.2, 0) is 4.79 Å². The normalized spacial score (nSPS) is 16.1. The van der Waals surface area contributed by atoms with Crippen LogP contribution in [0.2, 0.25) is 0 Å². The molecule has 1 saturated heterocycles. The maximum Gasteiger partial charge on any atom is 0.348 e. The second kappa shape index (κ2) is 6.77. The molecule has 2 heterocycles. The van der Waals surface area contributed by atoms with Crippen molar-refractivity contribution in [3.05, 3.63) is 54.0 Å². The van der Waals surface area contributed by atoms with Crippen LogP contribution < -0.4 is 9.64 Å². The highest BCUT2D eigenvalue weighted by Gasteiger charge is 2.45. The number of carboxylic acid groups (broad SMARTS) is 1. The molecule has 2 aromatic rings. The van der Waals surface area contributed by atoms with Gasteiger partial charge in [-0.05, 0) is 24.3 Å². The van der Waals surface area contributed by atoms with Gasteiger partial charge in [-0.3, -0.25) is 0 Å². The van der Waals surface area contributed by atoms with Crippen molar-refractivity contribution in [2.45, 2.75) is 18.4 Å². The first-order chi connectivity index (χ1) is 12.1. The van der Waals surface area contributed by atoms with Gasteiger partial charge in [-0.15, -0.1) is 0 Å². The lowest BCUT2D eigenvalue weighted by atomic mass is 9.90. The molecule has 7 heteroatoms. The first kappa shape index (κ1) is 16.7. The van der Waals surface area contributed by atoms with Gasteiger partial charge < -0.3 is 14.7 Å². The van der Waals surface area contributed by atoms with Crippen molar-refractivity contribution in [2.75, 3.05) is 18.0 Å². The number of rotatable bonds is 4. The fourth-order valence-electron chi connectivity index (χ4n) is 2.91. The van der Waals surface area contributed by atoms with Crippen LogP contribution in [-0.4, -0.2) is 34.8 Å². The van der Waals surface area contributed by atoms with E-state index in [1.807, 2.05) is 4.90 Å². The lowest BCUT2D eigenvalue weighted by molar-refractivity contribution is -0.157. The molecule has 1 N–H and O–H groups in total. The van der Waals surface area contributed by atoms with Crippen molar-refractivity contribution >= 4 is 11.8 Å². The molecule has 0 bridgehead atoms. The Labute approximate surface area is 144 Å². The van der Waals surface area contributed by atoms with Crippen LogP contribution >= 0.6 is 0 Å². The maximum absolute atomic E-state index is 13.8. The highest BCUT2D eigenvalue weighted by atomic mass is 19.1. The first-order valence-electron chi connectivity index (χ1n) is 7.83. The second-order valence-electron chi connectivity index (χ2n) is 5.81. The van der Waals surface area contributed by atoms with Crippen molar-refractivity contribution in [3.63, 3.8) is 0 Å². The zero-order valence-corrected chi connectivity index (χ0v) is 13.4. The number of piperidine rings is 1. The summed E-state index contributed by atoms with van der Waals surface area (Å²) in [6, 6.07) is 11.2. The Morgan fingerprint density at radius 2 is 2.00 bits per heavy atom. The van der Waals surface area contributed by atoms with Crippen LogP contribution in [0.5, 0.6) is 5.75 Å². The van der Waals surface area contributed by atoms with E-state index in [0.29, 0.717) is 24.5 Å². The number of aliphatic carboxylic acids is 1. The fourth-order valence-corrected chi connectivity index (χ4v) is 2.91. The number of hydrogen-bond acceptors (Lipinski definition) is 5. The van der Waals surface area contributed by atoms with Crippen LogP contribution in [0.1, 0.15) is 18.4 Å². The van der Waals surface area contributed by atoms with Gasteiger partial charge in [0.25, 0.3) is 0 Å². The average molecular weight is 341 g/mol. The highest BCUT2D eigenvalue weighted by Crippen LogP contribution is 2.32. The minimum absolute atomic E-state index is 0.0751. The molecular weight excluding hydrogens is 325 g/mol. The summed E-state index contributed by atoms with van der Waals surface area (Å²) in [5.74, 6) is -1.28. The van der Waals surface area contributed by atoms with Gasteiger partial charge in [0.2, 0.25) is 5.60 Å². The molecule has 6 nitrogen and oxygen atoms in total. The van der Waals surface area contributed by atoms with E-state index in [0.717, 1.165) is 0 Å². The molecule has 0 radical (unpaired) electrons. The molecule has 0 unspecified atom stereocenters. The van der Waals surface area contributed by atoms with E-state index in [2.05, 4.69) is 11.1 Å². The molecule has 1 aromatic heterocycles. The van der Waals surface area contributed by atoms with Crippen molar-refractivity contribution in [1.29, 1.82) is 5.26 Å². The molecule has 1 fully saturated rings. The Kier molecular flexibility index (Phi) is 4.52. The predicted octanol–water partition coefficient (Wildman–Crippen LogP) is 2.59. The Morgan fingerprint density at radius 3 is 2.64 bits per heavy atom. The van der Waals surface area contributed by atoms with Gasteiger partial charge in [0, 0.05) is 32.1 Å². The molecule has 1 aliphatic rings. The minimum Gasteiger partial charge on any atom is -0.478 e. The smallest absolute Gasteiger partial charge is 0.348 e. The second-order valence-corrected chi connectivity index (χ2v) is 5.81. The van der Waals surface area contributed by atoms with Crippen LogP contribution in [0.3, 0.4) is 0 Å². The van der Waals surface area contributed by atoms with E-state index in [1.54, 1.807) is 24.4 Å². The number of para-hydroxylation sites is 1. The number of nitrogens with zero attached hydrogens (tertiary/aromatic N) is 3. The number of anilines is 1. The van der Waals surface area contributed by atoms with Crippen LogP contribution in [0.25, 0.3) is 0 Å². The summed E-state index contributed by atoms with van der Waals surface area (Å²) in [5.41, 5.74) is -1.07. The Bertz CT molecular complexity index is 826. The quantitative estimate of drug-likeness (QED) is 0.920. The number of benzene rings is 1. The number of pyridine rings is 1. The lowest BCUT2D eigenvalue weighted by Gasteiger charge is -2.39. The fraction of sp³-hybridized carbons (Fsp3) is 0.278. The summed E-state index contributed by atoms with van der Waals surface area (Å²) in [5, 5.41) is 18.9. The summed E-state index contributed by atoms with van der Waals surface area (Å²) in [7, 11) is 0. The van der Waals surface area contributed by atoms with E-state index in [4.69, 9.17) is 4.74 Å². The zero-order chi connectivity index (χ0) is 17.9. The van der Waals surface area contributed by atoms with Crippen LogP contribution in [0.15, 0.2) is 42.6 Å². The van der Waals surface area contributed by atoms with E-state index in [-0.39, 0.29) is 18.6 Å². The number of hydrogen-bond donors (Lipinski definition) is 1. The monoisotopic (exact) mass is 341 g/mol. The van der Waals surface area contributed by atoms with Gasteiger partial charge in [-0.1, -0.05) is 12.1 Å². The van der Waals surface area contributed by atoms with Crippen LogP contribution in [0.4, 0.5) is 10.2 Å². The van der Waals surface area contributed by atoms with Crippen molar-refractivity contribution < 1.29 is 19.0 Å². The van der Waals surface area contributed by atoms with E-state index < -0.39 is 17.4 Å². The Balaban J connectivity index is 1.81. The van der Waals surface area contributed by atoms with Gasteiger partial charge in [0.15, 0.2) is 11.6 Å². The molecule has 3 rings (SSSR count). The lowest BCUT2D eigenvalue weighted by Crippen LogP contribution is -2.53. The number of halogens is 1.